The van der Waals surface area contributed by atoms with Crippen LogP contribution in [-0.4, -0.2) is 44.0 Å². The van der Waals surface area contributed by atoms with Crippen LogP contribution in [0.2, 0.25) is 0 Å². The van der Waals surface area contributed by atoms with Crippen LogP contribution in [0.25, 0.3) is 0 Å². The smallest absolute Gasteiger partial charge is 0.227 e. The highest BCUT2D eigenvalue weighted by Crippen LogP contribution is 2.36. The van der Waals surface area contributed by atoms with Gasteiger partial charge in [-0.1, -0.05) is 20.3 Å². The fourth-order valence-corrected chi connectivity index (χ4v) is 2.91. The number of nitrogens with one attached hydrogen (secondary N) is 1. The van der Waals surface area contributed by atoms with E-state index in [2.05, 4.69) is 38.2 Å². The minimum atomic E-state index is -0.367. The van der Waals surface area contributed by atoms with Crippen molar-refractivity contribution in [2.75, 3.05) is 27.2 Å². The van der Waals surface area contributed by atoms with E-state index in [0.717, 1.165) is 25.8 Å². The summed E-state index contributed by atoms with van der Waals surface area (Å²) in [6.07, 6.45) is 2.94. The zero-order chi connectivity index (χ0) is 14.0. The molecule has 1 rings (SSSR count). The van der Waals surface area contributed by atoms with Crippen molar-refractivity contribution in [1.29, 1.82) is 0 Å². The monoisotopic (exact) mass is 255 g/mol. The molecule has 0 saturated heterocycles. The number of rotatable bonds is 5. The molecule has 3 N–H and O–H groups in total. The third-order valence-corrected chi connectivity index (χ3v) is 4.02. The minimum Gasteiger partial charge on any atom is -0.355 e. The number of nitrogens with zero attached hydrogens (tertiary/aromatic N) is 1. The van der Waals surface area contributed by atoms with Gasteiger partial charge in [0.05, 0.1) is 5.41 Å². The summed E-state index contributed by atoms with van der Waals surface area (Å²) >= 11 is 0. The second-order valence-electron chi connectivity index (χ2n) is 7.00. The van der Waals surface area contributed by atoms with Crippen LogP contribution < -0.4 is 11.1 Å². The molecule has 0 aromatic carbocycles. The molecule has 0 heterocycles. The van der Waals surface area contributed by atoms with Gasteiger partial charge in [-0.3, -0.25) is 4.79 Å². The summed E-state index contributed by atoms with van der Waals surface area (Å²) in [5.41, 5.74) is 5.78. The third-order valence-electron chi connectivity index (χ3n) is 4.02. The minimum absolute atomic E-state index is 0.00876. The molecule has 2 unspecified atom stereocenters. The van der Waals surface area contributed by atoms with Gasteiger partial charge in [-0.2, -0.15) is 0 Å². The largest absolute Gasteiger partial charge is 0.355 e. The maximum Gasteiger partial charge on any atom is 0.227 e. The highest BCUT2D eigenvalue weighted by molar-refractivity contribution is 5.83. The molecule has 1 amide bonds. The summed E-state index contributed by atoms with van der Waals surface area (Å²) in [6, 6.07) is 0.00876. The molecule has 0 radical (unpaired) electrons. The van der Waals surface area contributed by atoms with Crippen LogP contribution in [0.1, 0.15) is 40.0 Å². The molecule has 0 bridgehead atoms. The first-order chi connectivity index (χ1) is 8.17. The lowest BCUT2D eigenvalue weighted by atomic mass is 9.83. The molecule has 1 aliphatic rings. The number of amides is 1. The van der Waals surface area contributed by atoms with Crippen LogP contribution in [0.15, 0.2) is 0 Å². The fraction of sp³-hybridized carbons (Fsp3) is 0.929. The van der Waals surface area contributed by atoms with Gasteiger partial charge in [-0.15, -0.1) is 0 Å². The highest BCUT2D eigenvalue weighted by Gasteiger charge is 2.43. The summed E-state index contributed by atoms with van der Waals surface area (Å²) in [7, 11) is 4.11. The molecule has 1 saturated carbocycles. The zero-order valence-corrected chi connectivity index (χ0v) is 12.5. The van der Waals surface area contributed by atoms with E-state index >= 15 is 0 Å². The van der Waals surface area contributed by atoms with Gasteiger partial charge >= 0.3 is 0 Å². The average Bonchev–Trinajstić information content (AvgIpc) is 2.55. The lowest BCUT2D eigenvalue weighted by molar-refractivity contribution is -0.131. The van der Waals surface area contributed by atoms with Gasteiger partial charge in [-0.05, 0) is 39.3 Å². The van der Waals surface area contributed by atoms with E-state index in [1.54, 1.807) is 0 Å². The summed E-state index contributed by atoms with van der Waals surface area (Å²) in [5, 5.41) is 3.10. The Bertz CT molecular complexity index is 301. The Morgan fingerprint density at radius 3 is 2.56 bits per heavy atom. The first kappa shape index (κ1) is 15.4. The molecule has 1 aliphatic carbocycles. The quantitative estimate of drug-likeness (QED) is 0.776. The van der Waals surface area contributed by atoms with Crippen molar-refractivity contribution in [3.63, 3.8) is 0 Å². The number of carbonyl (C=O) groups excluding carboxylic acids is 1. The van der Waals surface area contributed by atoms with Crippen molar-refractivity contribution in [3.8, 4) is 0 Å². The van der Waals surface area contributed by atoms with Crippen molar-refractivity contribution in [1.82, 2.24) is 10.2 Å². The zero-order valence-electron chi connectivity index (χ0n) is 12.5. The summed E-state index contributed by atoms with van der Waals surface area (Å²) in [4.78, 5) is 14.5. The highest BCUT2D eigenvalue weighted by atomic mass is 16.2. The molecule has 0 aromatic rings. The molecule has 106 valence electrons. The van der Waals surface area contributed by atoms with E-state index in [0.29, 0.717) is 6.54 Å². The van der Waals surface area contributed by atoms with Gasteiger partial charge in [-0.25, -0.2) is 0 Å². The van der Waals surface area contributed by atoms with E-state index in [1.807, 2.05) is 6.92 Å². The number of carbonyl (C=O) groups is 1. The van der Waals surface area contributed by atoms with Crippen LogP contribution in [0.5, 0.6) is 0 Å². The van der Waals surface area contributed by atoms with Gasteiger partial charge in [0.15, 0.2) is 0 Å². The molecule has 2 atom stereocenters. The Morgan fingerprint density at radius 1 is 1.50 bits per heavy atom. The SMILES string of the molecule is CN(C)CC(C)(C)CNC(=O)C1(C)CCCC1N. The maximum atomic E-state index is 12.3. The van der Waals surface area contributed by atoms with Crippen molar-refractivity contribution < 1.29 is 4.79 Å². The van der Waals surface area contributed by atoms with Crippen molar-refractivity contribution >= 4 is 5.91 Å². The maximum absolute atomic E-state index is 12.3. The van der Waals surface area contributed by atoms with Crippen LogP contribution in [-0.2, 0) is 4.79 Å². The molecule has 1 fully saturated rings. The molecule has 0 spiro atoms. The van der Waals surface area contributed by atoms with Crippen LogP contribution in [0.4, 0.5) is 0 Å². The lowest BCUT2D eigenvalue weighted by Crippen LogP contribution is -2.50. The van der Waals surface area contributed by atoms with Gasteiger partial charge in [0.1, 0.15) is 0 Å². The average molecular weight is 255 g/mol. The Balaban J connectivity index is 2.51. The normalized spacial score (nSPS) is 28.7. The first-order valence-electron chi connectivity index (χ1n) is 6.86. The van der Waals surface area contributed by atoms with E-state index in [4.69, 9.17) is 5.73 Å². The van der Waals surface area contributed by atoms with E-state index in [9.17, 15) is 4.79 Å². The summed E-state index contributed by atoms with van der Waals surface area (Å²) in [6.45, 7) is 8.00. The van der Waals surface area contributed by atoms with Crippen molar-refractivity contribution in [3.05, 3.63) is 0 Å². The van der Waals surface area contributed by atoms with Gasteiger partial charge < -0.3 is 16.0 Å². The molecule has 18 heavy (non-hydrogen) atoms. The van der Waals surface area contributed by atoms with Crippen molar-refractivity contribution in [2.45, 2.75) is 46.1 Å². The predicted octanol–water partition coefficient (Wildman–Crippen LogP) is 1.21. The Morgan fingerprint density at radius 2 is 2.11 bits per heavy atom. The van der Waals surface area contributed by atoms with Crippen LogP contribution in [0.3, 0.4) is 0 Å². The van der Waals surface area contributed by atoms with Crippen LogP contribution >= 0.6 is 0 Å². The van der Waals surface area contributed by atoms with Gasteiger partial charge in [0, 0.05) is 19.1 Å². The summed E-state index contributed by atoms with van der Waals surface area (Å²) < 4.78 is 0. The molecule has 0 aliphatic heterocycles. The molecular formula is C14H29N3O. The first-order valence-corrected chi connectivity index (χ1v) is 6.86. The molecule has 0 aromatic heterocycles. The Kier molecular flexibility index (Phi) is 4.78. The predicted molar refractivity (Wildman–Crippen MR) is 75.3 cm³/mol. The lowest BCUT2D eigenvalue weighted by Gasteiger charge is -2.32. The standard InChI is InChI=1S/C14H29N3O/c1-13(2,10-17(4)5)9-16-12(18)14(3)8-6-7-11(14)15/h11H,6-10,15H2,1-5H3,(H,16,18). The fourth-order valence-electron chi connectivity index (χ4n) is 2.91. The topological polar surface area (TPSA) is 58.4 Å². The second kappa shape index (κ2) is 5.57. The summed E-state index contributed by atoms with van der Waals surface area (Å²) in [5.74, 6) is 0.124. The van der Waals surface area contributed by atoms with Crippen molar-refractivity contribution in [2.24, 2.45) is 16.6 Å². The Hall–Kier alpha value is -0.610. The molecule has 4 heteroatoms. The van der Waals surface area contributed by atoms with E-state index in [-0.39, 0.29) is 22.8 Å². The molecular weight excluding hydrogens is 226 g/mol. The molecule has 4 nitrogen and oxygen atoms in total. The number of hydrogen-bond donors (Lipinski definition) is 2. The van der Waals surface area contributed by atoms with Gasteiger partial charge in [0.2, 0.25) is 5.91 Å². The third kappa shape index (κ3) is 3.69. The Labute approximate surface area is 111 Å². The van der Waals surface area contributed by atoms with E-state index < -0.39 is 0 Å². The van der Waals surface area contributed by atoms with E-state index in [1.165, 1.54) is 0 Å². The number of hydrogen-bond acceptors (Lipinski definition) is 3. The number of nitrogens with two attached hydrogens (primary N) is 1. The second-order valence-corrected chi connectivity index (χ2v) is 7.00. The van der Waals surface area contributed by atoms with Gasteiger partial charge in [0.25, 0.3) is 0 Å². The van der Waals surface area contributed by atoms with Crippen LogP contribution in [0, 0.1) is 10.8 Å².